The van der Waals surface area contributed by atoms with E-state index < -0.39 is 5.97 Å². The molecule has 0 saturated carbocycles. The minimum Gasteiger partial charge on any atom is -0.495 e. The van der Waals surface area contributed by atoms with Crippen molar-refractivity contribution < 1.29 is 23.5 Å². The number of methoxy groups -OCH3 is 2. The van der Waals surface area contributed by atoms with Crippen molar-refractivity contribution in [1.82, 2.24) is 0 Å². The summed E-state index contributed by atoms with van der Waals surface area (Å²) in [5.74, 6) is 1.18. The van der Waals surface area contributed by atoms with E-state index in [1.807, 2.05) is 72.8 Å². The SMILES string of the molecule is COC(=O)c1ccc(-c2ccc(/C=C3\C=C(c4ccccc4)N(c4ccccc4OC)C3=O)o2)cc1. The van der Waals surface area contributed by atoms with Gasteiger partial charge in [-0.1, -0.05) is 54.6 Å². The fraction of sp³-hybridized carbons (Fsp3) is 0.0667. The van der Waals surface area contributed by atoms with Crippen LogP contribution in [0.4, 0.5) is 5.69 Å². The van der Waals surface area contributed by atoms with Gasteiger partial charge in [-0.15, -0.1) is 0 Å². The summed E-state index contributed by atoms with van der Waals surface area (Å²) in [6.07, 6.45) is 3.59. The molecular weight excluding hydrogens is 454 g/mol. The molecule has 0 aliphatic carbocycles. The standard InChI is InChI=1S/C30H23NO5/c1-34-28-11-7-6-10-25(28)31-26(20-8-4-3-5-9-20)19-23(29(31)32)18-24-16-17-27(36-24)21-12-14-22(15-13-21)30(33)35-2/h3-19H,1-2H3/b23-18+. The minimum absolute atomic E-state index is 0.182. The van der Waals surface area contributed by atoms with Gasteiger partial charge in [0.1, 0.15) is 17.3 Å². The Kier molecular flexibility index (Phi) is 6.24. The third-order valence-corrected chi connectivity index (χ3v) is 5.89. The monoisotopic (exact) mass is 477 g/mol. The highest BCUT2D eigenvalue weighted by Gasteiger charge is 2.32. The maximum Gasteiger partial charge on any atom is 0.337 e. The van der Waals surface area contributed by atoms with Gasteiger partial charge in [0.25, 0.3) is 5.91 Å². The van der Waals surface area contributed by atoms with Crippen LogP contribution in [-0.2, 0) is 9.53 Å². The molecule has 0 atom stereocenters. The first-order chi connectivity index (χ1) is 17.6. The van der Waals surface area contributed by atoms with Crippen LogP contribution in [0.15, 0.2) is 107 Å². The van der Waals surface area contributed by atoms with Gasteiger partial charge in [-0.05, 0) is 54.1 Å². The molecule has 3 aromatic carbocycles. The van der Waals surface area contributed by atoms with Crippen LogP contribution in [0.5, 0.6) is 5.75 Å². The van der Waals surface area contributed by atoms with Crippen molar-refractivity contribution in [3.8, 4) is 17.1 Å². The first-order valence-electron chi connectivity index (χ1n) is 11.3. The van der Waals surface area contributed by atoms with Gasteiger partial charge in [-0.2, -0.15) is 0 Å². The molecule has 36 heavy (non-hydrogen) atoms. The number of carbonyl (C=O) groups is 2. The molecule has 0 saturated heterocycles. The van der Waals surface area contributed by atoms with Crippen molar-refractivity contribution in [2.24, 2.45) is 0 Å². The van der Waals surface area contributed by atoms with E-state index in [2.05, 4.69) is 0 Å². The van der Waals surface area contributed by atoms with Crippen molar-refractivity contribution >= 4 is 29.3 Å². The number of ether oxygens (including phenoxy) is 2. The topological polar surface area (TPSA) is 69.0 Å². The van der Waals surface area contributed by atoms with Crippen molar-refractivity contribution in [1.29, 1.82) is 0 Å². The molecule has 0 radical (unpaired) electrons. The zero-order valence-corrected chi connectivity index (χ0v) is 19.8. The predicted molar refractivity (Wildman–Crippen MR) is 138 cm³/mol. The normalized spacial score (nSPS) is 14.2. The summed E-state index contributed by atoms with van der Waals surface area (Å²) in [7, 11) is 2.93. The lowest BCUT2D eigenvalue weighted by atomic mass is 10.1. The van der Waals surface area contributed by atoms with Gasteiger partial charge in [0.05, 0.1) is 31.2 Å². The van der Waals surface area contributed by atoms with E-state index in [-0.39, 0.29) is 5.91 Å². The van der Waals surface area contributed by atoms with E-state index in [1.165, 1.54) is 7.11 Å². The lowest BCUT2D eigenvalue weighted by molar-refractivity contribution is -0.113. The van der Waals surface area contributed by atoms with E-state index in [9.17, 15) is 9.59 Å². The van der Waals surface area contributed by atoms with Gasteiger partial charge in [-0.3, -0.25) is 9.69 Å². The summed E-state index contributed by atoms with van der Waals surface area (Å²) in [5.41, 5.74) is 4.08. The number of carbonyl (C=O) groups excluding carboxylic acids is 2. The number of benzene rings is 3. The number of nitrogens with zero attached hydrogens (tertiary/aromatic N) is 1. The molecule has 2 heterocycles. The van der Waals surface area contributed by atoms with E-state index in [0.29, 0.717) is 34.1 Å². The maximum atomic E-state index is 13.6. The molecule has 1 amide bonds. The summed E-state index contributed by atoms with van der Waals surface area (Å²) in [6, 6.07) is 27.8. The number of amides is 1. The smallest absolute Gasteiger partial charge is 0.337 e. The van der Waals surface area contributed by atoms with Crippen LogP contribution in [0.3, 0.4) is 0 Å². The fourth-order valence-corrected chi connectivity index (χ4v) is 4.12. The first-order valence-corrected chi connectivity index (χ1v) is 11.3. The van der Waals surface area contributed by atoms with Crippen LogP contribution in [0.25, 0.3) is 23.1 Å². The molecule has 0 spiro atoms. The second kappa shape index (κ2) is 9.80. The largest absolute Gasteiger partial charge is 0.495 e. The number of hydrogen-bond acceptors (Lipinski definition) is 5. The molecule has 1 aliphatic rings. The highest BCUT2D eigenvalue weighted by atomic mass is 16.5. The number of rotatable bonds is 6. The number of hydrogen-bond donors (Lipinski definition) is 0. The van der Waals surface area contributed by atoms with E-state index >= 15 is 0 Å². The Morgan fingerprint density at radius 3 is 2.28 bits per heavy atom. The molecule has 178 valence electrons. The van der Waals surface area contributed by atoms with E-state index in [0.717, 1.165) is 16.8 Å². The molecule has 5 rings (SSSR count). The average molecular weight is 478 g/mol. The lowest BCUT2D eigenvalue weighted by Crippen LogP contribution is -2.25. The molecule has 4 aromatic rings. The van der Waals surface area contributed by atoms with Crippen LogP contribution in [0.1, 0.15) is 21.7 Å². The Morgan fingerprint density at radius 2 is 1.56 bits per heavy atom. The summed E-state index contributed by atoms with van der Waals surface area (Å²) >= 11 is 0. The summed E-state index contributed by atoms with van der Waals surface area (Å²) in [5, 5.41) is 0. The lowest BCUT2D eigenvalue weighted by Gasteiger charge is -2.22. The highest BCUT2D eigenvalue weighted by molar-refractivity contribution is 6.23. The Labute approximate surface area is 208 Å². The van der Waals surface area contributed by atoms with Gasteiger partial charge >= 0.3 is 5.97 Å². The highest BCUT2D eigenvalue weighted by Crippen LogP contribution is 2.39. The summed E-state index contributed by atoms with van der Waals surface area (Å²) < 4.78 is 16.3. The third-order valence-electron chi connectivity index (χ3n) is 5.89. The van der Waals surface area contributed by atoms with Gasteiger partial charge in [0.15, 0.2) is 0 Å². The number of furan rings is 1. The zero-order chi connectivity index (χ0) is 25.1. The van der Waals surface area contributed by atoms with Crippen molar-refractivity contribution in [2.45, 2.75) is 0 Å². The van der Waals surface area contributed by atoms with Crippen LogP contribution in [0.2, 0.25) is 0 Å². The molecule has 0 bridgehead atoms. The van der Waals surface area contributed by atoms with Crippen molar-refractivity contribution in [3.05, 3.63) is 120 Å². The Hall–Kier alpha value is -4.84. The van der Waals surface area contributed by atoms with Gasteiger partial charge in [0.2, 0.25) is 0 Å². The molecular formula is C30H23NO5. The minimum atomic E-state index is -0.397. The molecule has 6 nitrogen and oxygen atoms in total. The second-order valence-corrected chi connectivity index (χ2v) is 8.08. The number of esters is 1. The van der Waals surface area contributed by atoms with Gasteiger partial charge in [-0.25, -0.2) is 4.79 Å². The molecule has 0 fully saturated rings. The van der Waals surface area contributed by atoms with E-state index in [1.54, 1.807) is 42.4 Å². The predicted octanol–water partition coefficient (Wildman–Crippen LogP) is 6.21. The Balaban J connectivity index is 1.50. The third kappa shape index (κ3) is 4.32. The maximum absolute atomic E-state index is 13.6. The van der Waals surface area contributed by atoms with E-state index in [4.69, 9.17) is 13.9 Å². The molecule has 6 heteroatoms. The van der Waals surface area contributed by atoms with Crippen LogP contribution in [-0.4, -0.2) is 26.1 Å². The first kappa shape index (κ1) is 22.9. The molecule has 0 unspecified atom stereocenters. The average Bonchev–Trinajstić information content (AvgIpc) is 3.53. The molecule has 1 aliphatic heterocycles. The second-order valence-electron chi connectivity index (χ2n) is 8.08. The van der Waals surface area contributed by atoms with Crippen LogP contribution < -0.4 is 9.64 Å². The Morgan fingerprint density at radius 1 is 0.833 bits per heavy atom. The fourth-order valence-electron chi connectivity index (χ4n) is 4.12. The summed E-state index contributed by atoms with van der Waals surface area (Å²) in [6.45, 7) is 0. The van der Waals surface area contributed by atoms with Gasteiger partial charge in [0, 0.05) is 11.1 Å². The van der Waals surface area contributed by atoms with Crippen molar-refractivity contribution in [2.75, 3.05) is 19.1 Å². The number of para-hydroxylation sites is 2. The van der Waals surface area contributed by atoms with Gasteiger partial charge < -0.3 is 13.9 Å². The van der Waals surface area contributed by atoms with Crippen molar-refractivity contribution in [3.63, 3.8) is 0 Å². The Bertz CT molecular complexity index is 1480. The zero-order valence-electron chi connectivity index (χ0n) is 19.8. The quantitative estimate of drug-likeness (QED) is 0.244. The number of anilines is 1. The van der Waals surface area contributed by atoms with Crippen LogP contribution >= 0.6 is 0 Å². The summed E-state index contributed by atoms with van der Waals surface area (Å²) in [4.78, 5) is 27.0. The molecule has 0 N–H and O–H groups in total. The van der Waals surface area contributed by atoms with Crippen LogP contribution in [0, 0.1) is 0 Å². The molecule has 1 aromatic heterocycles.